The summed E-state index contributed by atoms with van der Waals surface area (Å²) in [5.74, 6) is -1.26. The van der Waals surface area contributed by atoms with Gasteiger partial charge in [0.2, 0.25) is 0 Å². The number of carbonyl (C=O) groups is 1. The zero-order valence-electron chi connectivity index (χ0n) is 16.5. The largest absolute Gasteiger partial charge is 0.456 e. The van der Waals surface area contributed by atoms with Crippen molar-refractivity contribution in [3.63, 3.8) is 0 Å². The Hall–Kier alpha value is -4.00. The number of rotatable bonds is 6. The number of hydrogen-bond acceptors (Lipinski definition) is 5. The summed E-state index contributed by atoms with van der Waals surface area (Å²) in [7, 11) is 0. The van der Waals surface area contributed by atoms with Crippen molar-refractivity contribution in [1.82, 2.24) is 15.0 Å². The predicted molar refractivity (Wildman–Crippen MR) is 111 cm³/mol. The third kappa shape index (κ3) is 4.61. The van der Waals surface area contributed by atoms with E-state index in [1.54, 1.807) is 24.5 Å². The molecule has 2 aromatic carbocycles. The van der Waals surface area contributed by atoms with Crippen LogP contribution >= 0.6 is 0 Å². The minimum absolute atomic E-state index is 0.256. The number of halogens is 2. The van der Waals surface area contributed by atoms with Crippen molar-refractivity contribution in [3.05, 3.63) is 102 Å². The summed E-state index contributed by atoms with van der Waals surface area (Å²) < 4.78 is 33.4. The maximum atomic E-state index is 13.8. The molecule has 0 bridgehead atoms. The Morgan fingerprint density at radius 3 is 2.42 bits per heavy atom. The predicted octanol–water partition coefficient (Wildman–Crippen LogP) is 5.34. The summed E-state index contributed by atoms with van der Waals surface area (Å²) >= 11 is 0. The van der Waals surface area contributed by atoms with Crippen LogP contribution in [0, 0.1) is 18.6 Å². The summed E-state index contributed by atoms with van der Waals surface area (Å²) in [6, 6.07) is 12.5. The lowest BCUT2D eigenvalue weighted by Gasteiger charge is -2.10. The van der Waals surface area contributed by atoms with Gasteiger partial charge in [-0.1, -0.05) is 12.1 Å². The Balaban J connectivity index is 1.54. The number of pyridine rings is 1. The highest BCUT2D eigenvalue weighted by molar-refractivity contribution is 5.97. The van der Waals surface area contributed by atoms with Crippen LogP contribution in [0.1, 0.15) is 21.6 Å². The maximum Gasteiger partial charge on any atom is 0.174 e. The molecule has 0 saturated heterocycles. The van der Waals surface area contributed by atoms with E-state index >= 15 is 0 Å². The van der Waals surface area contributed by atoms with E-state index in [4.69, 9.17) is 4.74 Å². The van der Waals surface area contributed by atoms with E-state index in [0.717, 1.165) is 23.3 Å². The van der Waals surface area contributed by atoms with Crippen LogP contribution in [0.5, 0.6) is 11.5 Å². The molecule has 0 aliphatic rings. The molecule has 2 heterocycles. The molecule has 4 rings (SSSR count). The molecule has 0 saturated carbocycles. The molecule has 0 amide bonds. The monoisotopic (exact) mass is 417 g/mol. The van der Waals surface area contributed by atoms with Crippen LogP contribution in [0.3, 0.4) is 0 Å². The lowest BCUT2D eigenvalue weighted by atomic mass is 10.0. The van der Waals surface area contributed by atoms with Gasteiger partial charge in [-0.15, -0.1) is 0 Å². The van der Waals surface area contributed by atoms with Crippen molar-refractivity contribution in [2.75, 3.05) is 0 Å². The van der Waals surface area contributed by atoms with E-state index < -0.39 is 23.0 Å². The molecule has 4 aromatic rings. The number of aryl methyl sites for hydroxylation is 1. The van der Waals surface area contributed by atoms with Gasteiger partial charge >= 0.3 is 0 Å². The van der Waals surface area contributed by atoms with Crippen LogP contribution in [0.2, 0.25) is 0 Å². The summed E-state index contributed by atoms with van der Waals surface area (Å²) in [5.41, 5.74) is 2.11. The van der Waals surface area contributed by atoms with Gasteiger partial charge in [0.1, 0.15) is 23.1 Å². The number of Topliss-reactive ketones (excluding diaryl/α,β-unsaturated/α-hetero) is 1. The average Bonchev–Trinajstić information content (AvgIpc) is 2.76. The highest BCUT2D eigenvalue weighted by Crippen LogP contribution is 2.28. The first-order valence-electron chi connectivity index (χ1n) is 9.48. The lowest BCUT2D eigenvalue weighted by molar-refractivity contribution is 0.0983. The van der Waals surface area contributed by atoms with Crippen molar-refractivity contribution < 1.29 is 18.3 Å². The molecule has 0 fully saturated rings. The van der Waals surface area contributed by atoms with E-state index in [1.165, 1.54) is 18.5 Å². The minimum Gasteiger partial charge on any atom is -0.456 e. The van der Waals surface area contributed by atoms with Gasteiger partial charge in [-0.3, -0.25) is 19.7 Å². The quantitative estimate of drug-likeness (QED) is 0.396. The molecule has 2 aromatic heterocycles. The Bertz CT molecular complexity index is 1210. The molecule has 154 valence electrons. The van der Waals surface area contributed by atoms with Crippen molar-refractivity contribution in [2.45, 2.75) is 13.3 Å². The molecule has 5 nitrogen and oxygen atoms in total. The third-order valence-corrected chi connectivity index (χ3v) is 4.64. The summed E-state index contributed by atoms with van der Waals surface area (Å²) in [4.78, 5) is 25.0. The fourth-order valence-electron chi connectivity index (χ4n) is 3.09. The summed E-state index contributed by atoms with van der Waals surface area (Å²) in [5, 5.41) is 0. The smallest absolute Gasteiger partial charge is 0.174 e. The molecular weight excluding hydrogens is 400 g/mol. The normalized spacial score (nSPS) is 10.7. The van der Waals surface area contributed by atoms with Gasteiger partial charge in [0.15, 0.2) is 5.78 Å². The topological polar surface area (TPSA) is 65.0 Å². The third-order valence-electron chi connectivity index (χ3n) is 4.64. The van der Waals surface area contributed by atoms with Crippen LogP contribution in [0.4, 0.5) is 8.78 Å². The first-order chi connectivity index (χ1) is 15.0. The SMILES string of the molecule is Cc1ccc(Oc2cccnc2)cc1-c1cnc(CC(=O)c2c(F)cccc2F)cn1. The number of hydrogen-bond donors (Lipinski definition) is 0. The van der Waals surface area contributed by atoms with Crippen LogP contribution in [-0.4, -0.2) is 20.7 Å². The van der Waals surface area contributed by atoms with E-state index in [0.29, 0.717) is 22.9 Å². The van der Waals surface area contributed by atoms with Gasteiger partial charge in [0.05, 0.1) is 35.8 Å². The van der Waals surface area contributed by atoms with Gasteiger partial charge in [-0.05, 0) is 48.9 Å². The molecule has 0 radical (unpaired) electrons. The van der Waals surface area contributed by atoms with Crippen LogP contribution in [-0.2, 0) is 6.42 Å². The van der Waals surface area contributed by atoms with Crippen molar-refractivity contribution in [3.8, 4) is 22.8 Å². The molecule has 31 heavy (non-hydrogen) atoms. The Morgan fingerprint density at radius 2 is 1.74 bits per heavy atom. The molecule has 0 unspecified atom stereocenters. The average molecular weight is 417 g/mol. The Morgan fingerprint density at radius 1 is 0.935 bits per heavy atom. The first kappa shape index (κ1) is 20.3. The second-order valence-electron chi connectivity index (χ2n) is 6.86. The number of ether oxygens (including phenoxy) is 1. The van der Waals surface area contributed by atoms with Crippen molar-refractivity contribution >= 4 is 5.78 Å². The molecule has 0 aliphatic heterocycles. The van der Waals surface area contributed by atoms with E-state index in [-0.39, 0.29) is 6.42 Å². The van der Waals surface area contributed by atoms with E-state index in [2.05, 4.69) is 15.0 Å². The standard InChI is InChI=1S/C24H17F2N3O2/c1-15-7-8-17(31-18-4-3-9-27-13-18)11-19(15)22-14-28-16(12-29-22)10-23(30)24-20(25)5-2-6-21(24)26/h2-9,11-14H,10H2,1H3. The highest BCUT2D eigenvalue weighted by Gasteiger charge is 2.18. The fraction of sp³-hybridized carbons (Fsp3) is 0.0833. The number of carbonyl (C=O) groups excluding carboxylic acids is 1. The Kier molecular flexibility index (Phi) is 5.75. The number of aromatic nitrogens is 3. The number of nitrogens with zero attached hydrogens (tertiary/aromatic N) is 3. The molecule has 0 aliphatic carbocycles. The molecule has 0 spiro atoms. The van der Waals surface area contributed by atoms with Crippen molar-refractivity contribution in [1.29, 1.82) is 0 Å². The second-order valence-corrected chi connectivity index (χ2v) is 6.86. The second kappa shape index (κ2) is 8.79. The zero-order chi connectivity index (χ0) is 21.8. The van der Waals surface area contributed by atoms with Gasteiger partial charge in [0, 0.05) is 18.0 Å². The number of ketones is 1. The van der Waals surface area contributed by atoms with Gasteiger partial charge < -0.3 is 4.74 Å². The minimum atomic E-state index is -0.893. The van der Waals surface area contributed by atoms with Crippen LogP contribution in [0.15, 0.2) is 73.3 Å². The van der Waals surface area contributed by atoms with E-state index in [1.807, 2.05) is 25.1 Å². The van der Waals surface area contributed by atoms with E-state index in [9.17, 15) is 13.6 Å². The number of benzene rings is 2. The molecule has 7 heteroatoms. The lowest BCUT2D eigenvalue weighted by Crippen LogP contribution is -2.10. The Labute approximate surface area is 177 Å². The fourth-order valence-corrected chi connectivity index (χ4v) is 3.09. The van der Waals surface area contributed by atoms with Gasteiger partial charge in [0.25, 0.3) is 0 Å². The van der Waals surface area contributed by atoms with Crippen molar-refractivity contribution in [2.24, 2.45) is 0 Å². The molecule has 0 atom stereocenters. The summed E-state index contributed by atoms with van der Waals surface area (Å²) in [6.45, 7) is 1.93. The van der Waals surface area contributed by atoms with Gasteiger partial charge in [-0.25, -0.2) is 8.78 Å². The highest BCUT2D eigenvalue weighted by atomic mass is 19.1. The van der Waals surface area contributed by atoms with Gasteiger partial charge in [-0.2, -0.15) is 0 Å². The molecular formula is C24H17F2N3O2. The van der Waals surface area contributed by atoms with Crippen LogP contribution < -0.4 is 4.74 Å². The summed E-state index contributed by atoms with van der Waals surface area (Å²) in [6.07, 6.45) is 5.98. The zero-order valence-corrected chi connectivity index (χ0v) is 16.5. The molecule has 0 N–H and O–H groups in total. The first-order valence-corrected chi connectivity index (χ1v) is 9.48. The maximum absolute atomic E-state index is 13.8. The van der Waals surface area contributed by atoms with Crippen LogP contribution in [0.25, 0.3) is 11.3 Å².